The van der Waals surface area contributed by atoms with Gasteiger partial charge in [0.05, 0.1) is 36.7 Å². The van der Waals surface area contributed by atoms with Crippen molar-refractivity contribution >= 4 is 17.5 Å². The number of amides is 2. The molecule has 3 atom stereocenters. The Labute approximate surface area is 235 Å². The monoisotopic (exact) mass is 549 g/mol. The molecule has 1 aromatic heterocycles. The third kappa shape index (κ3) is 6.46. The van der Waals surface area contributed by atoms with Crippen LogP contribution in [0.2, 0.25) is 0 Å². The second-order valence-electron chi connectivity index (χ2n) is 10.6. The number of methoxy groups -OCH3 is 1. The number of likely N-dealkylation sites (N-methyl/N-ethyl adjacent to an activating group) is 1. The zero-order valence-electron chi connectivity index (χ0n) is 24.0. The van der Waals surface area contributed by atoms with E-state index in [0.29, 0.717) is 42.3 Å². The highest BCUT2D eigenvalue weighted by Gasteiger charge is 2.34. The molecule has 0 bridgehead atoms. The Morgan fingerprint density at radius 1 is 1.27 bits per heavy atom. The molecule has 10 heteroatoms. The van der Waals surface area contributed by atoms with E-state index in [9.17, 15) is 14.7 Å². The molecule has 10 nitrogen and oxygen atoms in total. The van der Waals surface area contributed by atoms with E-state index >= 15 is 0 Å². The standard InChI is InChI=1S/C30H39N5O5/c1-19-15-35(21(3)18-36)30(38)24-8-7-9-25(31-29(37)26-14-20(2)32-34(26)5)28(24)40-27(19)17-33(4)16-22-10-12-23(39-6)13-11-22/h7-14,19,21,27,36H,15-18H2,1-6H3,(H,31,37)/t19-,21-,27+/m1/s1. The fraction of sp³-hybridized carbons (Fsp3) is 0.433. The highest BCUT2D eigenvalue weighted by molar-refractivity contribution is 6.06. The molecule has 0 saturated heterocycles. The van der Waals surface area contributed by atoms with E-state index in [0.717, 1.165) is 17.0 Å². The van der Waals surface area contributed by atoms with Crippen LogP contribution in [-0.2, 0) is 13.6 Å². The van der Waals surface area contributed by atoms with E-state index in [4.69, 9.17) is 9.47 Å². The predicted molar refractivity (Wildman–Crippen MR) is 153 cm³/mol. The van der Waals surface area contributed by atoms with Crippen molar-refractivity contribution in [3.8, 4) is 11.5 Å². The minimum atomic E-state index is -0.380. The fourth-order valence-electron chi connectivity index (χ4n) is 4.98. The van der Waals surface area contributed by atoms with Gasteiger partial charge in [0, 0.05) is 32.6 Å². The molecule has 4 rings (SSSR count). The van der Waals surface area contributed by atoms with Gasteiger partial charge in [-0.25, -0.2) is 0 Å². The molecule has 0 spiro atoms. The molecular formula is C30H39N5O5. The minimum Gasteiger partial charge on any atom is -0.497 e. The van der Waals surface area contributed by atoms with Crippen LogP contribution >= 0.6 is 0 Å². The number of aliphatic hydroxyl groups excluding tert-OH is 1. The number of aromatic nitrogens is 2. The highest BCUT2D eigenvalue weighted by Crippen LogP contribution is 2.35. The lowest BCUT2D eigenvalue weighted by atomic mass is 9.98. The zero-order valence-corrected chi connectivity index (χ0v) is 24.0. The van der Waals surface area contributed by atoms with E-state index in [-0.39, 0.29) is 36.5 Å². The van der Waals surface area contributed by atoms with Crippen LogP contribution < -0.4 is 14.8 Å². The number of para-hydroxylation sites is 1. The molecule has 1 aliphatic heterocycles. The maximum Gasteiger partial charge on any atom is 0.274 e. The normalized spacial score (nSPS) is 18.0. The van der Waals surface area contributed by atoms with Crippen molar-refractivity contribution in [3.05, 3.63) is 71.0 Å². The number of carbonyl (C=O) groups is 2. The van der Waals surface area contributed by atoms with Crippen LogP contribution in [-0.4, -0.2) is 82.5 Å². The molecule has 0 fully saturated rings. The maximum atomic E-state index is 13.7. The number of anilines is 1. The summed E-state index contributed by atoms with van der Waals surface area (Å²) in [5, 5.41) is 17.1. The number of hydrogen-bond donors (Lipinski definition) is 2. The number of benzene rings is 2. The number of ether oxygens (including phenoxy) is 2. The molecule has 2 N–H and O–H groups in total. The Morgan fingerprint density at radius 2 is 2.00 bits per heavy atom. The van der Waals surface area contributed by atoms with Gasteiger partial charge in [0.15, 0.2) is 5.75 Å². The Bertz CT molecular complexity index is 1340. The largest absolute Gasteiger partial charge is 0.497 e. The number of hydrogen-bond acceptors (Lipinski definition) is 7. The Balaban J connectivity index is 1.65. The lowest BCUT2D eigenvalue weighted by Gasteiger charge is -2.38. The number of fused-ring (bicyclic) bond motifs is 1. The summed E-state index contributed by atoms with van der Waals surface area (Å²) in [5.74, 6) is 0.466. The van der Waals surface area contributed by atoms with Gasteiger partial charge < -0.3 is 24.8 Å². The van der Waals surface area contributed by atoms with Crippen LogP contribution in [0, 0.1) is 12.8 Å². The first-order valence-electron chi connectivity index (χ1n) is 13.5. The summed E-state index contributed by atoms with van der Waals surface area (Å²) in [6.45, 7) is 7.22. The Hall–Kier alpha value is -3.89. The van der Waals surface area contributed by atoms with Gasteiger partial charge in [-0.1, -0.05) is 25.1 Å². The predicted octanol–water partition coefficient (Wildman–Crippen LogP) is 3.34. The van der Waals surface area contributed by atoms with Crippen LogP contribution in [0.1, 0.15) is 46.0 Å². The van der Waals surface area contributed by atoms with Crippen LogP contribution in [0.25, 0.3) is 0 Å². The van der Waals surface area contributed by atoms with Crippen LogP contribution in [0.15, 0.2) is 48.5 Å². The molecular weight excluding hydrogens is 510 g/mol. The first-order valence-corrected chi connectivity index (χ1v) is 13.5. The number of nitrogens with zero attached hydrogens (tertiary/aromatic N) is 4. The molecule has 2 amide bonds. The van der Waals surface area contributed by atoms with E-state index in [1.807, 2.05) is 52.1 Å². The smallest absolute Gasteiger partial charge is 0.274 e. The third-order valence-electron chi connectivity index (χ3n) is 7.28. The van der Waals surface area contributed by atoms with Crippen molar-refractivity contribution in [1.82, 2.24) is 19.6 Å². The number of nitrogens with one attached hydrogen (secondary N) is 1. The second kappa shape index (κ2) is 12.5. The average molecular weight is 550 g/mol. The molecule has 0 radical (unpaired) electrons. The zero-order chi connectivity index (χ0) is 29.0. The maximum absolute atomic E-state index is 13.7. The molecule has 2 heterocycles. The SMILES string of the molecule is COc1ccc(CN(C)C[C@@H]2Oc3c(NC(=O)c4cc(C)nn4C)cccc3C(=O)N([C@H](C)CO)C[C@H]2C)cc1. The lowest BCUT2D eigenvalue weighted by Crippen LogP contribution is -2.49. The van der Waals surface area contributed by atoms with Crippen LogP contribution in [0.3, 0.4) is 0 Å². The molecule has 3 aromatic rings. The molecule has 1 aliphatic rings. The summed E-state index contributed by atoms with van der Waals surface area (Å²) in [7, 11) is 5.38. The van der Waals surface area contributed by atoms with Gasteiger partial charge in [-0.05, 0) is 56.8 Å². The van der Waals surface area contributed by atoms with Gasteiger partial charge in [0.2, 0.25) is 0 Å². The van der Waals surface area contributed by atoms with Crippen LogP contribution in [0.4, 0.5) is 5.69 Å². The summed E-state index contributed by atoms with van der Waals surface area (Å²) < 4.78 is 13.4. The summed E-state index contributed by atoms with van der Waals surface area (Å²) in [6, 6.07) is 14.4. The molecule has 40 heavy (non-hydrogen) atoms. The highest BCUT2D eigenvalue weighted by atomic mass is 16.5. The number of aliphatic hydroxyl groups is 1. The lowest BCUT2D eigenvalue weighted by molar-refractivity contribution is 0.0343. The molecule has 0 aliphatic carbocycles. The van der Waals surface area contributed by atoms with E-state index in [1.54, 1.807) is 43.3 Å². The fourth-order valence-corrected chi connectivity index (χ4v) is 4.98. The van der Waals surface area contributed by atoms with Crippen molar-refractivity contribution in [3.63, 3.8) is 0 Å². The molecule has 2 aromatic carbocycles. The van der Waals surface area contributed by atoms with Gasteiger partial charge in [-0.2, -0.15) is 5.10 Å². The van der Waals surface area contributed by atoms with Crippen molar-refractivity contribution in [2.24, 2.45) is 13.0 Å². The van der Waals surface area contributed by atoms with Crippen LogP contribution in [0.5, 0.6) is 11.5 Å². The third-order valence-corrected chi connectivity index (χ3v) is 7.28. The molecule has 214 valence electrons. The van der Waals surface area contributed by atoms with Gasteiger partial charge in [-0.3, -0.25) is 19.2 Å². The van der Waals surface area contributed by atoms with Gasteiger partial charge in [0.1, 0.15) is 17.5 Å². The van der Waals surface area contributed by atoms with Gasteiger partial charge >= 0.3 is 0 Å². The topological polar surface area (TPSA) is 109 Å². The first-order chi connectivity index (χ1) is 19.1. The van der Waals surface area contributed by atoms with Gasteiger partial charge in [-0.15, -0.1) is 0 Å². The Morgan fingerprint density at radius 3 is 2.62 bits per heavy atom. The van der Waals surface area contributed by atoms with Gasteiger partial charge in [0.25, 0.3) is 11.8 Å². The molecule has 0 saturated carbocycles. The average Bonchev–Trinajstić information content (AvgIpc) is 3.28. The van der Waals surface area contributed by atoms with Crippen molar-refractivity contribution in [2.45, 2.75) is 39.5 Å². The first kappa shape index (κ1) is 29.1. The quantitative estimate of drug-likeness (QED) is 0.421. The van der Waals surface area contributed by atoms with E-state index in [2.05, 4.69) is 15.3 Å². The van der Waals surface area contributed by atoms with Crippen molar-refractivity contribution in [1.29, 1.82) is 0 Å². The number of aryl methyl sites for hydroxylation is 2. The van der Waals surface area contributed by atoms with Crippen molar-refractivity contribution in [2.75, 3.05) is 39.2 Å². The minimum absolute atomic E-state index is 0.0621. The summed E-state index contributed by atoms with van der Waals surface area (Å²) in [6.07, 6.45) is -0.305. The molecule has 0 unspecified atom stereocenters. The Kier molecular flexibility index (Phi) is 9.11. The summed E-state index contributed by atoms with van der Waals surface area (Å²) in [5.41, 5.74) is 3.00. The number of rotatable bonds is 9. The van der Waals surface area contributed by atoms with Crippen molar-refractivity contribution < 1.29 is 24.2 Å². The van der Waals surface area contributed by atoms with E-state index < -0.39 is 0 Å². The summed E-state index contributed by atoms with van der Waals surface area (Å²) >= 11 is 0. The van der Waals surface area contributed by atoms with E-state index in [1.165, 1.54) is 4.68 Å². The summed E-state index contributed by atoms with van der Waals surface area (Å²) in [4.78, 5) is 30.8. The second-order valence-corrected chi connectivity index (χ2v) is 10.6. The number of carbonyl (C=O) groups excluding carboxylic acids is 2.